The van der Waals surface area contributed by atoms with Crippen LogP contribution < -0.4 is 11.1 Å². The van der Waals surface area contributed by atoms with Gasteiger partial charge in [-0.15, -0.1) is 0 Å². The summed E-state index contributed by atoms with van der Waals surface area (Å²) in [6.07, 6.45) is 0.108. The standard InChI is InChI=1S/C25H24N2O5/c26-12-11-23(28)27-22-14-20(24(29)31-16-18-7-3-1-4-8-18)13-21(15-22)25(30)32-17-19-9-5-2-6-10-19/h1-10,13-15H,11-12,16-17,26H2,(H,27,28). The third-order valence-electron chi connectivity index (χ3n) is 4.49. The molecule has 0 radical (unpaired) electrons. The number of benzene rings is 3. The average molecular weight is 432 g/mol. The van der Waals surface area contributed by atoms with Crippen molar-refractivity contribution in [2.75, 3.05) is 11.9 Å². The van der Waals surface area contributed by atoms with Crippen LogP contribution in [0.5, 0.6) is 0 Å². The van der Waals surface area contributed by atoms with Gasteiger partial charge in [0.15, 0.2) is 0 Å². The van der Waals surface area contributed by atoms with Gasteiger partial charge in [-0.1, -0.05) is 60.7 Å². The summed E-state index contributed by atoms with van der Waals surface area (Å²) >= 11 is 0. The number of carbonyl (C=O) groups is 3. The van der Waals surface area contributed by atoms with E-state index < -0.39 is 11.9 Å². The second-order valence-corrected chi connectivity index (χ2v) is 7.01. The monoisotopic (exact) mass is 432 g/mol. The minimum atomic E-state index is -0.624. The smallest absolute Gasteiger partial charge is 0.338 e. The lowest BCUT2D eigenvalue weighted by Gasteiger charge is -2.11. The van der Waals surface area contributed by atoms with E-state index in [1.807, 2.05) is 60.7 Å². The molecule has 7 heteroatoms. The quantitative estimate of drug-likeness (QED) is 0.500. The van der Waals surface area contributed by atoms with Crippen molar-refractivity contribution in [1.29, 1.82) is 0 Å². The fourth-order valence-electron chi connectivity index (χ4n) is 2.90. The van der Waals surface area contributed by atoms with E-state index in [1.165, 1.54) is 18.2 Å². The Kier molecular flexibility index (Phi) is 8.11. The highest BCUT2D eigenvalue weighted by Gasteiger charge is 2.16. The van der Waals surface area contributed by atoms with Crippen LogP contribution in [0.1, 0.15) is 38.3 Å². The fraction of sp³-hybridized carbons (Fsp3) is 0.160. The van der Waals surface area contributed by atoms with Gasteiger partial charge < -0.3 is 20.5 Å². The van der Waals surface area contributed by atoms with E-state index >= 15 is 0 Å². The van der Waals surface area contributed by atoms with Crippen molar-refractivity contribution in [1.82, 2.24) is 0 Å². The maximum atomic E-state index is 12.6. The van der Waals surface area contributed by atoms with Crippen LogP contribution in [0, 0.1) is 0 Å². The lowest BCUT2D eigenvalue weighted by atomic mass is 10.1. The Morgan fingerprint density at radius 2 is 1.19 bits per heavy atom. The zero-order valence-corrected chi connectivity index (χ0v) is 17.5. The third kappa shape index (κ3) is 6.78. The summed E-state index contributed by atoms with van der Waals surface area (Å²) in [5.41, 5.74) is 7.61. The summed E-state index contributed by atoms with van der Waals surface area (Å²) in [7, 11) is 0. The van der Waals surface area contributed by atoms with Crippen LogP contribution in [0.2, 0.25) is 0 Å². The number of ether oxygens (including phenoxy) is 2. The van der Waals surface area contributed by atoms with E-state index in [2.05, 4.69) is 5.32 Å². The summed E-state index contributed by atoms with van der Waals surface area (Å²) in [6.45, 7) is 0.338. The normalized spacial score (nSPS) is 10.3. The Morgan fingerprint density at radius 1 is 0.719 bits per heavy atom. The molecule has 3 aromatic rings. The van der Waals surface area contributed by atoms with Gasteiger partial charge in [0.05, 0.1) is 11.1 Å². The molecule has 0 aliphatic carbocycles. The Morgan fingerprint density at radius 3 is 1.62 bits per heavy atom. The highest BCUT2D eigenvalue weighted by atomic mass is 16.5. The van der Waals surface area contributed by atoms with Gasteiger partial charge in [0.25, 0.3) is 0 Å². The second-order valence-electron chi connectivity index (χ2n) is 7.01. The molecular weight excluding hydrogens is 408 g/mol. The average Bonchev–Trinajstić information content (AvgIpc) is 2.82. The predicted octanol–water partition coefficient (Wildman–Crippen LogP) is 3.69. The molecule has 3 aromatic carbocycles. The molecule has 0 fully saturated rings. The van der Waals surface area contributed by atoms with E-state index in [0.29, 0.717) is 0 Å². The van der Waals surface area contributed by atoms with E-state index in [4.69, 9.17) is 15.2 Å². The number of amides is 1. The van der Waals surface area contributed by atoms with Crippen molar-refractivity contribution in [3.05, 3.63) is 101 Å². The van der Waals surface area contributed by atoms with Gasteiger partial charge >= 0.3 is 11.9 Å². The molecule has 0 bridgehead atoms. The number of nitrogens with two attached hydrogens (primary N) is 1. The lowest BCUT2D eigenvalue weighted by molar-refractivity contribution is -0.116. The molecule has 0 saturated heterocycles. The van der Waals surface area contributed by atoms with Crippen molar-refractivity contribution in [3.8, 4) is 0 Å². The number of esters is 2. The molecule has 0 saturated carbocycles. The molecule has 3 N–H and O–H groups in total. The topological polar surface area (TPSA) is 108 Å². The summed E-state index contributed by atoms with van der Waals surface area (Å²) < 4.78 is 10.7. The number of nitrogens with one attached hydrogen (secondary N) is 1. The number of anilines is 1. The van der Waals surface area contributed by atoms with E-state index in [1.54, 1.807) is 0 Å². The van der Waals surface area contributed by atoms with Gasteiger partial charge in [-0.05, 0) is 29.3 Å². The van der Waals surface area contributed by atoms with E-state index in [0.717, 1.165) is 11.1 Å². The maximum Gasteiger partial charge on any atom is 0.338 e. The number of hydrogen-bond acceptors (Lipinski definition) is 6. The predicted molar refractivity (Wildman–Crippen MR) is 120 cm³/mol. The van der Waals surface area contributed by atoms with Crippen LogP contribution in [0.4, 0.5) is 5.69 Å². The number of carbonyl (C=O) groups excluding carboxylic acids is 3. The minimum Gasteiger partial charge on any atom is -0.457 e. The first-order valence-corrected chi connectivity index (χ1v) is 10.1. The summed E-state index contributed by atoms with van der Waals surface area (Å²) in [5, 5.41) is 2.65. The fourth-order valence-corrected chi connectivity index (χ4v) is 2.90. The molecule has 0 spiro atoms. The van der Waals surface area contributed by atoms with Crippen LogP contribution in [0.25, 0.3) is 0 Å². The molecular formula is C25H24N2O5. The van der Waals surface area contributed by atoms with Gasteiger partial charge in [-0.2, -0.15) is 0 Å². The van der Waals surface area contributed by atoms with Crippen LogP contribution >= 0.6 is 0 Å². The first kappa shape index (κ1) is 22.7. The summed E-state index contributed by atoms with van der Waals surface area (Å²) in [4.78, 5) is 37.2. The van der Waals surface area contributed by atoms with Crippen LogP contribution in [-0.4, -0.2) is 24.4 Å². The van der Waals surface area contributed by atoms with E-state index in [9.17, 15) is 14.4 Å². The van der Waals surface area contributed by atoms with Crippen molar-refractivity contribution < 1.29 is 23.9 Å². The number of rotatable bonds is 9. The SMILES string of the molecule is NCCC(=O)Nc1cc(C(=O)OCc2ccccc2)cc(C(=O)OCc2ccccc2)c1. The van der Waals surface area contributed by atoms with Gasteiger partial charge in [0.1, 0.15) is 13.2 Å². The Hall–Kier alpha value is -3.97. The highest BCUT2D eigenvalue weighted by Crippen LogP contribution is 2.19. The minimum absolute atomic E-state index is 0.0806. The van der Waals surface area contributed by atoms with Crippen molar-refractivity contribution in [2.24, 2.45) is 5.73 Å². The van der Waals surface area contributed by atoms with Crippen LogP contribution in [-0.2, 0) is 27.5 Å². The summed E-state index contributed by atoms with van der Waals surface area (Å²) in [6, 6.07) is 22.8. The molecule has 0 aromatic heterocycles. The van der Waals surface area contributed by atoms with Crippen LogP contribution in [0.15, 0.2) is 78.9 Å². The molecule has 0 aliphatic heterocycles. The first-order valence-electron chi connectivity index (χ1n) is 10.1. The van der Waals surface area contributed by atoms with Gasteiger partial charge in [0, 0.05) is 18.7 Å². The van der Waals surface area contributed by atoms with Crippen molar-refractivity contribution in [3.63, 3.8) is 0 Å². The number of hydrogen-bond donors (Lipinski definition) is 2. The first-order chi connectivity index (χ1) is 15.5. The third-order valence-corrected chi connectivity index (χ3v) is 4.49. The lowest BCUT2D eigenvalue weighted by Crippen LogP contribution is -2.17. The van der Waals surface area contributed by atoms with Gasteiger partial charge in [-0.25, -0.2) is 9.59 Å². The largest absolute Gasteiger partial charge is 0.457 e. The molecule has 0 unspecified atom stereocenters. The molecule has 1 amide bonds. The Labute approximate surface area is 186 Å². The highest BCUT2D eigenvalue weighted by molar-refractivity contribution is 5.99. The molecule has 164 valence electrons. The molecule has 7 nitrogen and oxygen atoms in total. The molecule has 3 rings (SSSR count). The van der Waals surface area contributed by atoms with Crippen molar-refractivity contribution >= 4 is 23.5 Å². The zero-order valence-electron chi connectivity index (χ0n) is 17.5. The van der Waals surface area contributed by atoms with Gasteiger partial charge in [-0.3, -0.25) is 4.79 Å². The van der Waals surface area contributed by atoms with Crippen molar-refractivity contribution in [2.45, 2.75) is 19.6 Å². The molecule has 0 heterocycles. The maximum absolute atomic E-state index is 12.6. The Balaban J connectivity index is 1.77. The molecule has 32 heavy (non-hydrogen) atoms. The van der Waals surface area contributed by atoms with Gasteiger partial charge in [0.2, 0.25) is 5.91 Å². The Bertz CT molecular complexity index is 994. The second kappa shape index (κ2) is 11.4. The molecule has 0 atom stereocenters. The summed E-state index contributed by atoms with van der Waals surface area (Å²) in [5.74, 6) is -1.58. The molecule has 0 aliphatic rings. The zero-order chi connectivity index (χ0) is 22.8. The van der Waals surface area contributed by atoms with Crippen LogP contribution in [0.3, 0.4) is 0 Å². The van der Waals surface area contributed by atoms with E-state index in [-0.39, 0.29) is 48.9 Å².